The topological polar surface area (TPSA) is 52.0 Å². The van der Waals surface area contributed by atoms with E-state index < -0.39 is 0 Å². The van der Waals surface area contributed by atoms with Crippen molar-refractivity contribution in [2.75, 3.05) is 6.54 Å². The van der Waals surface area contributed by atoms with Crippen LogP contribution in [-0.2, 0) is 12.8 Å². The summed E-state index contributed by atoms with van der Waals surface area (Å²) in [6, 6.07) is 6.90. The Kier molecular flexibility index (Phi) is 10.2. The number of hydrogen-bond donors (Lipinski definition) is 2. The molecule has 0 heterocycles. The van der Waals surface area contributed by atoms with Crippen LogP contribution < -0.4 is 11.5 Å². The first-order valence-corrected chi connectivity index (χ1v) is 9.30. The fourth-order valence-electron chi connectivity index (χ4n) is 3.00. The van der Waals surface area contributed by atoms with Gasteiger partial charge >= 0.3 is 0 Å². The minimum absolute atomic E-state index is 0.0169. The smallest absolute Gasteiger partial charge is 0.0422 e. The van der Waals surface area contributed by atoms with E-state index in [1.54, 1.807) is 0 Å². The molecule has 1 atom stereocenters. The number of hydrogen-bond acceptors (Lipinski definition) is 2. The normalized spacial score (nSPS) is 12.5. The second-order valence-corrected chi connectivity index (χ2v) is 6.50. The lowest BCUT2D eigenvalue weighted by atomic mass is 9.93. The molecule has 1 unspecified atom stereocenters. The van der Waals surface area contributed by atoms with Crippen molar-refractivity contribution in [1.82, 2.24) is 0 Å². The standard InChI is InChI=1S/C20H36N2/c1-3-5-7-9-11-17-13-14-18(12-10-8-6-4-2)19(15-17)20(22)16-21/h13-15,20H,3-12,16,21-22H2,1-2H3. The summed E-state index contributed by atoms with van der Waals surface area (Å²) in [5.74, 6) is 0. The maximum absolute atomic E-state index is 6.25. The molecule has 0 aliphatic carbocycles. The van der Waals surface area contributed by atoms with Gasteiger partial charge in [-0.15, -0.1) is 0 Å². The number of benzene rings is 1. The van der Waals surface area contributed by atoms with E-state index in [1.165, 1.54) is 74.5 Å². The largest absolute Gasteiger partial charge is 0.329 e. The van der Waals surface area contributed by atoms with Gasteiger partial charge in [0.1, 0.15) is 0 Å². The maximum Gasteiger partial charge on any atom is 0.0422 e. The van der Waals surface area contributed by atoms with Gasteiger partial charge < -0.3 is 11.5 Å². The van der Waals surface area contributed by atoms with Gasteiger partial charge in [-0.2, -0.15) is 0 Å². The Balaban J connectivity index is 2.66. The number of aryl methyl sites for hydroxylation is 2. The minimum Gasteiger partial charge on any atom is -0.329 e. The van der Waals surface area contributed by atoms with E-state index in [1.807, 2.05) is 0 Å². The Morgan fingerprint density at radius 2 is 1.50 bits per heavy atom. The molecule has 0 radical (unpaired) electrons. The van der Waals surface area contributed by atoms with Gasteiger partial charge in [-0.25, -0.2) is 0 Å². The van der Waals surface area contributed by atoms with Crippen LogP contribution in [0.2, 0.25) is 0 Å². The molecule has 0 aliphatic rings. The molecule has 1 rings (SSSR count). The molecular weight excluding hydrogens is 268 g/mol. The fraction of sp³-hybridized carbons (Fsp3) is 0.700. The Bertz CT molecular complexity index is 401. The first kappa shape index (κ1) is 19.2. The molecule has 0 bridgehead atoms. The van der Waals surface area contributed by atoms with Crippen LogP contribution in [0.15, 0.2) is 18.2 Å². The third-order valence-electron chi connectivity index (χ3n) is 4.48. The van der Waals surface area contributed by atoms with Crippen molar-refractivity contribution in [3.8, 4) is 0 Å². The van der Waals surface area contributed by atoms with Crippen LogP contribution in [-0.4, -0.2) is 6.54 Å². The molecule has 2 heteroatoms. The summed E-state index contributed by atoms with van der Waals surface area (Å²) in [6.07, 6.45) is 12.7. The van der Waals surface area contributed by atoms with E-state index in [4.69, 9.17) is 11.5 Å². The van der Waals surface area contributed by atoms with Crippen molar-refractivity contribution < 1.29 is 0 Å². The van der Waals surface area contributed by atoms with Crippen LogP contribution in [0, 0.1) is 0 Å². The van der Waals surface area contributed by atoms with E-state index in [-0.39, 0.29) is 6.04 Å². The quantitative estimate of drug-likeness (QED) is 0.540. The molecule has 0 fully saturated rings. The summed E-state index contributed by atoms with van der Waals surface area (Å²) in [5, 5.41) is 0. The summed E-state index contributed by atoms with van der Waals surface area (Å²) in [7, 11) is 0. The highest BCUT2D eigenvalue weighted by molar-refractivity contribution is 5.35. The van der Waals surface area contributed by atoms with Crippen molar-refractivity contribution >= 4 is 0 Å². The molecule has 0 saturated carbocycles. The van der Waals surface area contributed by atoms with Gasteiger partial charge in [0.2, 0.25) is 0 Å². The number of nitrogens with two attached hydrogens (primary N) is 2. The lowest BCUT2D eigenvalue weighted by Gasteiger charge is -2.17. The lowest BCUT2D eigenvalue weighted by molar-refractivity contribution is 0.652. The molecular formula is C20H36N2. The zero-order valence-corrected chi connectivity index (χ0v) is 14.7. The Morgan fingerprint density at radius 1 is 0.864 bits per heavy atom. The maximum atomic E-state index is 6.25. The first-order chi connectivity index (χ1) is 10.7. The zero-order valence-electron chi connectivity index (χ0n) is 14.7. The molecule has 0 saturated heterocycles. The molecule has 0 spiro atoms. The molecule has 126 valence electrons. The minimum atomic E-state index is -0.0169. The highest BCUT2D eigenvalue weighted by atomic mass is 14.7. The van der Waals surface area contributed by atoms with Gasteiger partial charge in [0.15, 0.2) is 0 Å². The molecule has 1 aromatic rings. The second kappa shape index (κ2) is 11.7. The predicted molar refractivity (Wildman–Crippen MR) is 98.1 cm³/mol. The molecule has 2 nitrogen and oxygen atoms in total. The van der Waals surface area contributed by atoms with Gasteiger partial charge in [-0.1, -0.05) is 70.6 Å². The van der Waals surface area contributed by atoms with Gasteiger partial charge in [0.05, 0.1) is 0 Å². The summed E-state index contributed by atoms with van der Waals surface area (Å²) in [4.78, 5) is 0. The highest BCUT2D eigenvalue weighted by Gasteiger charge is 2.10. The van der Waals surface area contributed by atoms with Crippen molar-refractivity contribution in [3.63, 3.8) is 0 Å². The molecule has 22 heavy (non-hydrogen) atoms. The van der Waals surface area contributed by atoms with E-state index >= 15 is 0 Å². The summed E-state index contributed by atoms with van der Waals surface area (Å²) < 4.78 is 0. The van der Waals surface area contributed by atoms with Gasteiger partial charge in [-0.05, 0) is 42.4 Å². The van der Waals surface area contributed by atoms with Crippen LogP contribution in [0.25, 0.3) is 0 Å². The van der Waals surface area contributed by atoms with Crippen LogP contribution in [0.1, 0.15) is 87.9 Å². The van der Waals surface area contributed by atoms with E-state index in [0.29, 0.717) is 6.54 Å². The average Bonchev–Trinajstić information content (AvgIpc) is 2.55. The zero-order chi connectivity index (χ0) is 16.2. The molecule has 1 aromatic carbocycles. The van der Waals surface area contributed by atoms with Crippen molar-refractivity contribution in [1.29, 1.82) is 0 Å². The second-order valence-electron chi connectivity index (χ2n) is 6.50. The van der Waals surface area contributed by atoms with E-state index in [9.17, 15) is 0 Å². The van der Waals surface area contributed by atoms with E-state index in [0.717, 1.165) is 6.42 Å². The van der Waals surface area contributed by atoms with Crippen LogP contribution >= 0.6 is 0 Å². The number of unbranched alkanes of at least 4 members (excludes halogenated alkanes) is 6. The Labute approximate surface area is 137 Å². The fourth-order valence-corrected chi connectivity index (χ4v) is 3.00. The average molecular weight is 305 g/mol. The summed E-state index contributed by atoms with van der Waals surface area (Å²) >= 11 is 0. The van der Waals surface area contributed by atoms with Crippen molar-refractivity contribution in [2.45, 2.75) is 84.1 Å². The third kappa shape index (κ3) is 6.93. The van der Waals surface area contributed by atoms with Crippen molar-refractivity contribution in [2.24, 2.45) is 11.5 Å². The lowest BCUT2D eigenvalue weighted by Crippen LogP contribution is -2.22. The Hall–Kier alpha value is -0.860. The monoisotopic (exact) mass is 304 g/mol. The Morgan fingerprint density at radius 3 is 2.09 bits per heavy atom. The van der Waals surface area contributed by atoms with Crippen molar-refractivity contribution in [3.05, 3.63) is 34.9 Å². The first-order valence-electron chi connectivity index (χ1n) is 9.30. The van der Waals surface area contributed by atoms with Gasteiger partial charge in [0, 0.05) is 12.6 Å². The molecule has 0 amide bonds. The van der Waals surface area contributed by atoms with E-state index in [2.05, 4.69) is 32.0 Å². The van der Waals surface area contributed by atoms with Gasteiger partial charge in [0.25, 0.3) is 0 Å². The third-order valence-corrected chi connectivity index (χ3v) is 4.48. The predicted octanol–water partition coefficient (Wildman–Crippen LogP) is 4.89. The van der Waals surface area contributed by atoms with Gasteiger partial charge in [-0.3, -0.25) is 0 Å². The van der Waals surface area contributed by atoms with Crippen LogP contribution in [0.3, 0.4) is 0 Å². The summed E-state index contributed by atoms with van der Waals surface area (Å²) in [6.45, 7) is 5.04. The highest BCUT2D eigenvalue weighted by Crippen LogP contribution is 2.21. The number of rotatable bonds is 12. The summed E-state index contributed by atoms with van der Waals surface area (Å²) in [5.41, 5.74) is 16.2. The SMILES string of the molecule is CCCCCCc1ccc(CCCCCC)c(C(N)CN)c1. The molecule has 0 aliphatic heterocycles. The van der Waals surface area contributed by atoms with Crippen LogP contribution in [0.4, 0.5) is 0 Å². The van der Waals surface area contributed by atoms with Crippen LogP contribution in [0.5, 0.6) is 0 Å². The molecule has 4 N–H and O–H groups in total. The molecule has 0 aromatic heterocycles.